The van der Waals surface area contributed by atoms with Gasteiger partial charge < -0.3 is 31.1 Å². The number of nitrogens with zero attached hydrogens (tertiary/aromatic N) is 1. The number of aromatic nitrogens is 1. The zero-order valence-corrected chi connectivity index (χ0v) is 32.9. The van der Waals surface area contributed by atoms with Crippen LogP contribution in [0.2, 0.25) is 0 Å². The summed E-state index contributed by atoms with van der Waals surface area (Å²) in [7, 11) is 1.22. The molecule has 4 amide bonds. The lowest BCUT2D eigenvalue weighted by molar-refractivity contribution is -0.145. The maximum absolute atomic E-state index is 13.3. The second kappa shape index (κ2) is 19.9. The highest BCUT2D eigenvalue weighted by atomic mass is 32.2. The quantitative estimate of drug-likeness (QED) is 0.0753. The number of thiophene rings is 2. The summed E-state index contributed by atoms with van der Waals surface area (Å²) >= 11 is 4.14. The number of benzene rings is 2. The fourth-order valence-corrected chi connectivity index (χ4v) is 7.92. The topological polar surface area (TPSA) is 193 Å². The van der Waals surface area contributed by atoms with Crippen molar-refractivity contribution in [3.63, 3.8) is 0 Å². The van der Waals surface area contributed by atoms with Crippen molar-refractivity contribution in [2.45, 2.75) is 57.8 Å². The molecule has 5 aromatic rings. The number of rotatable bonds is 14. The Hall–Kier alpha value is -5.73. The molecule has 0 fully saturated rings. The van der Waals surface area contributed by atoms with Crippen LogP contribution in [0.5, 0.6) is 0 Å². The summed E-state index contributed by atoms with van der Waals surface area (Å²) in [6.07, 6.45) is -0.631. The van der Waals surface area contributed by atoms with E-state index in [2.05, 4.69) is 26.3 Å². The van der Waals surface area contributed by atoms with Crippen LogP contribution < -0.4 is 21.3 Å². The molecule has 0 aliphatic carbocycles. The summed E-state index contributed by atoms with van der Waals surface area (Å²) in [5.74, 6) is -7.69. The Bertz CT molecular complexity index is 2210. The van der Waals surface area contributed by atoms with Gasteiger partial charge in [0.05, 0.1) is 34.7 Å². The van der Waals surface area contributed by atoms with Gasteiger partial charge in [-0.25, -0.2) is 32.1 Å². The van der Waals surface area contributed by atoms with Crippen LogP contribution in [0, 0.1) is 30.2 Å². The van der Waals surface area contributed by atoms with Crippen molar-refractivity contribution in [3.05, 3.63) is 109 Å². The van der Waals surface area contributed by atoms with Gasteiger partial charge >= 0.3 is 11.9 Å². The standard InChI is InChI=1S/C20H18F2N2O4S2.C17H17F2N3O4S/c1-10(23-16(25)7-11-5-13(21)9-14(22)6-11)18(26)24-17(19(27)28-2)15-8-12-3-4-29-20(12)30-15;1-8(20-14(23)5-10-3-11(18)6-12(19)4-10)16(24)22-15(17(25)26)13-7-27-9(2)21-13/h3-6,8-10,17H,7H2,1-2H3,(H,23,25)(H,24,26);3-4,6-8,15H,5H2,1-2H3,(H,20,23)(H,22,24)(H,25,26)/t10-,17?;8-,15?/m00/s1. The van der Waals surface area contributed by atoms with Crippen molar-refractivity contribution in [2.75, 3.05) is 7.11 Å². The highest BCUT2D eigenvalue weighted by Crippen LogP contribution is 2.34. The van der Waals surface area contributed by atoms with Crippen molar-refractivity contribution in [1.29, 1.82) is 0 Å². The number of methoxy groups -OCH3 is 1. The molecule has 4 atom stereocenters. The van der Waals surface area contributed by atoms with Crippen LogP contribution in [0.3, 0.4) is 0 Å². The Morgan fingerprint density at radius 1 is 0.737 bits per heavy atom. The second-order valence-corrected chi connectivity index (χ2v) is 15.7. The van der Waals surface area contributed by atoms with Crippen molar-refractivity contribution >= 4 is 79.0 Å². The molecule has 3 heterocycles. The average Bonchev–Trinajstić information content (AvgIpc) is 3.85. The van der Waals surface area contributed by atoms with Crippen LogP contribution in [0.25, 0.3) is 9.40 Å². The van der Waals surface area contributed by atoms with E-state index in [0.717, 1.165) is 33.7 Å². The van der Waals surface area contributed by atoms with E-state index < -0.39 is 83.0 Å². The molecule has 0 saturated heterocycles. The summed E-state index contributed by atoms with van der Waals surface area (Å²) in [5.41, 5.74) is 0.440. The Labute approximate surface area is 334 Å². The molecule has 0 spiro atoms. The van der Waals surface area contributed by atoms with Crippen LogP contribution in [-0.2, 0) is 46.3 Å². The van der Waals surface area contributed by atoms with Gasteiger partial charge in [-0.1, -0.05) is 0 Å². The van der Waals surface area contributed by atoms with E-state index in [0.29, 0.717) is 22.0 Å². The smallest absolute Gasteiger partial charge is 0.333 e. The number of halogens is 4. The van der Waals surface area contributed by atoms with E-state index in [1.165, 1.54) is 60.3 Å². The second-order valence-electron chi connectivity index (χ2n) is 12.3. The summed E-state index contributed by atoms with van der Waals surface area (Å²) in [5, 5.41) is 24.1. The lowest BCUT2D eigenvalue weighted by atomic mass is 10.1. The number of carboxylic acid groups (broad SMARTS) is 1. The van der Waals surface area contributed by atoms with Crippen molar-refractivity contribution in [3.8, 4) is 0 Å². The maximum atomic E-state index is 13.3. The van der Waals surface area contributed by atoms with Crippen LogP contribution in [0.4, 0.5) is 17.6 Å². The van der Waals surface area contributed by atoms with Gasteiger partial charge in [-0.2, -0.15) is 0 Å². The van der Waals surface area contributed by atoms with Crippen LogP contribution in [-0.4, -0.2) is 64.9 Å². The molecule has 302 valence electrons. The number of fused-ring (bicyclic) bond motifs is 1. The van der Waals surface area contributed by atoms with Gasteiger partial charge in [0, 0.05) is 27.8 Å². The van der Waals surface area contributed by atoms with Gasteiger partial charge in [0.25, 0.3) is 0 Å². The summed E-state index contributed by atoms with van der Waals surface area (Å²) in [6, 6.07) is 4.82. The number of aryl methyl sites for hydroxylation is 1. The number of hydrogen-bond donors (Lipinski definition) is 5. The van der Waals surface area contributed by atoms with Gasteiger partial charge in [0.15, 0.2) is 12.1 Å². The number of amides is 4. The minimum Gasteiger partial charge on any atom is -0.479 e. The van der Waals surface area contributed by atoms with E-state index in [9.17, 15) is 51.4 Å². The number of carbonyl (C=O) groups excluding carboxylic acids is 5. The first kappa shape index (κ1) is 44.0. The lowest BCUT2D eigenvalue weighted by Crippen LogP contribution is -2.47. The van der Waals surface area contributed by atoms with Gasteiger partial charge in [0.2, 0.25) is 23.6 Å². The average molecular weight is 850 g/mol. The first-order valence-electron chi connectivity index (χ1n) is 16.7. The van der Waals surface area contributed by atoms with E-state index in [1.54, 1.807) is 13.0 Å². The monoisotopic (exact) mass is 849 g/mol. The lowest BCUT2D eigenvalue weighted by Gasteiger charge is -2.19. The molecular formula is C37H35F4N5O8S3. The van der Waals surface area contributed by atoms with Gasteiger partial charge in [-0.05, 0) is 73.7 Å². The molecule has 5 N–H and O–H groups in total. The highest BCUT2D eigenvalue weighted by molar-refractivity contribution is 7.37. The molecule has 20 heteroatoms. The first-order chi connectivity index (χ1) is 26.9. The number of carbonyl (C=O) groups is 6. The number of nitrogens with one attached hydrogen (secondary N) is 4. The van der Waals surface area contributed by atoms with Crippen LogP contribution in [0.15, 0.2) is 59.3 Å². The minimum atomic E-state index is -1.35. The van der Waals surface area contributed by atoms with E-state index >= 15 is 0 Å². The molecular weight excluding hydrogens is 815 g/mol. The Morgan fingerprint density at radius 3 is 1.65 bits per heavy atom. The Balaban J connectivity index is 0.000000254. The van der Waals surface area contributed by atoms with Crippen LogP contribution in [0.1, 0.15) is 52.6 Å². The predicted molar refractivity (Wildman–Crippen MR) is 203 cm³/mol. The Morgan fingerprint density at radius 2 is 1.23 bits per heavy atom. The van der Waals surface area contributed by atoms with Crippen LogP contribution >= 0.6 is 34.0 Å². The largest absolute Gasteiger partial charge is 0.479 e. The molecule has 2 aromatic carbocycles. The van der Waals surface area contributed by atoms with Crippen molar-refractivity contribution < 1.29 is 56.2 Å². The van der Waals surface area contributed by atoms with E-state index in [-0.39, 0.29) is 29.7 Å². The molecule has 0 saturated carbocycles. The number of thiazole rings is 1. The third kappa shape index (κ3) is 12.9. The van der Waals surface area contributed by atoms with Gasteiger partial charge in [0.1, 0.15) is 35.4 Å². The molecule has 0 bridgehead atoms. The third-order valence-corrected chi connectivity index (χ3v) is 10.8. The van der Waals surface area contributed by atoms with Crippen molar-refractivity contribution in [2.24, 2.45) is 0 Å². The van der Waals surface area contributed by atoms with Gasteiger partial charge in [-0.15, -0.1) is 34.0 Å². The maximum Gasteiger partial charge on any atom is 0.333 e. The number of esters is 1. The minimum absolute atomic E-state index is 0.110. The number of aliphatic carboxylic acids is 1. The summed E-state index contributed by atoms with van der Waals surface area (Å²) in [6.45, 7) is 4.51. The molecule has 57 heavy (non-hydrogen) atoms. The normalized spacial score (nSPS) is 12.9. The number of ether oxygens (including phenoxy) is 1. The first-order valence-corrected chi connectivity index (χ1v) is 19.3. The number of hydrogen-bond acceptors (Lipinski definition) is 11. The third-order valence-electron chi connectivity index (χ3n) is 7.76. The zero-order chi connectivity index (χ0) is 42.0. The highest BCUT2D eigenvalue weighted by Gasteiger charge is 2.29. The zero-order valence-electron chi connectivity index (χ0n) is 30.5. The molecule has 3 aromatic heterocycles. The fourth-order valence-electron chi connectivity index (χ4n) is 5.11. The summed E-state index contributed by atoms with van der Waals surface area (Å²) in [4.78, 5) is 77.1. The molecule has 5 rings (SSSR count). The molecule has 0 aliphatic rings. The molecule has 13 nitrogen and oxygen atoms in total. The van der Waals surface area contributed by atoms with Gasteiger partial charge in [-0.3, -0.25) is 19.2 Å². The van der Waals surface area contributed by atoms with E-state index in [4.69, 9.17) is 4.74 Å². The molecule has 0 radical (unpaired) electrons. The number of carboxylic acids is 1. The fraction of sp³-hybridized carbons (Fsp3) is 0.270. The van der Waals surface area contributed by atoms with Crippen molar-refractivity contribution in [1.82, 2.24) is 26.3 Å². The van der Waals surface area contributed by atoms with E-state index in [1.807, 2.05) is 11.4 Å². The summed E-state index contributed by atoms with van der Waals surface area (Å²) < 4.78 is 58.6. The molecule has 2 unspecified atom stereocenters. The SMILES string of the molecule is COC(=O)C(NC(=O)[C@H](C)NC(=O)Cc1cc(F)cc(F)c1)c1cc2ccsc2s1.Cc1nc(C(NC(=O)[C@H](C)NC(=O)Cc2cc(F)cc(F)c2)C(=O)O)cs1. The Kier molecular flexibility index (Phi) is 15.4. The predicted octanol–water partition coefficient (Wildman–Crippen LogP) is 5.04. The molecule has 0 aliphatic heterocycles.